The van der Waals surface area contributed by atoms with Crippen LogP contribution < -0.4 is 5.32 Å². The Balaban J connectivity index is 2.06. The Morgan fingerprint density at radius 2 is 1.62 bits per heavy atom. The monoisotopic (exact) mass is 286 g/mol. The first-order chi connectivity index (χ1) is 10.1. The van der Waals surface area contributed by atoms with Crippen LogP contribution in [0, 0.1) is 5.82 Å². The predicted octanol–water partition coefficient (Wildman–Crippen LogP) is 4.45. The van der Waals surface area contributed by atoms with Gasteiger partial charge in [0.2, 0.25) is 0 Å². The fraction of sp³-hybridized carbons (Fsp3) is 0.333. The molecule has 0 aromatic heterocycles. The van der Waals surface area contributed by atoms with Crippen LogP contribution in [0.5, 0.6) is 0 Å². The Hall–Kier alpha value is -1.87. The van der Waals surface area contributed by atoms with Crippen LogP contribution >= 0.6 is 0 Å². The van der Waals surface area contributed by atoms with Crippen molar-refractivity contribution in [3.8, 4) is 0 Å². The lowest BCUT2D eigenvalue weighted by atomic mass is 10.0. The summed E-state index contributed by atoms with van der Waals surface area (Å²) in [4.78, 5) is 2.15. The number of hydrogen-bond acceptors (Lipinski definition) is 2. The summed E-state index contributed by atoms with van der Waals surface area (Å²) < 4.78 is 13.0. The van der Waals surface area contributed by atoms with E-state index in [2.05, 4.69) is 55.5 Å². The van der Waals surface area contributed by atoms with Crippen LogP contribution in [-0.2, 0) is 6.54 Å². The number of hydrogen-bond donors (Lipinski definition) is 1. The molecule has 0 amide bonds. The molecule has 3 heteroatoms. The molecule has 0 aliphatic rings. The van der Waals surface area contributed by atoms with E-state index in [-0.39, 0.29) is 11.9 Å². The average molecular weight is 286 g/mol. The van der Waals surface area contributed by atoms with Gasteiger partial charge in [0.1, 0.15) is 5.82 Å². The van der Waals surface area contributed by atoms with E-state index in [9.17, 15) is 4.39 Å². The highest BCUT2D eigenvalue weighted by molar-refractivity contribution is 5.46. The molecule has 1 N–H and O–H groups in total. The zero-order valence-corrected chi connectivity index (χ0v) is 12.9. The minimum Gasteiger partial charge on any atom is -0.378 e. The van der Waals surface area contributed by atoms with Crippen molar-refractivity contribution >= 4 is 5.69 Å². The van der Waals surface area contributed by atoms with E-state index in [4.69, 9.17) is 0 Å². The van der Waals surface area contributed by atoms with Crippen LogP contribution in [0.25, 0.3) is 0 Å². The van der Waals surface area contributed by atoms with Crippen molar-refractivity contribution in [2.75, 3.05) is 19.4 Å². The fourth-order valence-corrected chi connectivity index (χ4v) is 2.39. The molecule has 0 spiro atoms. The van der Waals surface area contributed by atoms with Gasteiger partial charge < -0.3 is 10.2 Å². The molecule has 0 saturated heterocycles. The van der Waals surface area contributed by atoms with Gasteiger partial charge in [-0.1, -0.05) is 31.2 Å². The summed E-state index contributed by atoms with van der Waals surface area (Å²) in [5.41, 5.74) is 3.49. The molecule has 1 atom stereocenters. The van der Waals surface area contributed by atoms with Gasteiger partial charge in [0.25, 0.3) is 0 Å². The zero-order valence-electron chi connectivity index (χ0n) is 12.9. The largest absolute Gasteiger partial charge is 0.378 e. The maximum absolute atomic E-state index is 13.0. The summed E-state index contributed by atoms with van der Waals surface area (Å²) in [7, 11) is 4.13. The van der Waals surface area contributed by atoms with E-state index in [1.807, 2.05) is 12.1 Å². The van der Waals surface area contributed by atoms with Gasteiger partial charge in [0, 0.05) is 12.2 Å². The van der Waals surface area contributed by atoms with Crippen molar-refractivity contribution in [1.82, 2.24) is 4.90 Å². The highest BCUT2D eigenvalue weighted by Gasteiger charge is 2.09. The molecule has 0 heterocycles. The lowest BCUT2D eigenvalue weighted by Crippen LogP contribution is -2.11. The van der Waals surface area contributed by atoms with Crippen LogP contribution in [0.2, 0.25) is 0 Å². The molecular weight excluding hydrogens is 263 g/mol. The van der Waals surface area contributed by atoms with Crippen LogP contribution in [-0.4, -0.2) is 19.0 Å². The number of halogens is 1. The number of nitrogens with one attached hydrogen (secondary N) is 1. The first kappa shape index (κ1) is 15.5. The maximum atomic E-state index is 13.0. The Kier molecular flexibility index (Phi) is 5.34. The fourth-order valence-electron chi connectivity index (χ4n) is 2.39. The second kappa shape index (κ2) is 7.23. The van der Waals surface area contributed by atoms with Crippen molar-refractivity contribution in [2.24, 2.45) is 0 Å². The third-order valence-corrected chi connectivity index (χ3v) is 3.47. The predicted molar refractivity (Wildman–Crippen MR) is 86.9 cm³/mol. The highest BCUT2D eigenvalue weighted by atomic mass is 19.1. The molecule has 2 nitrogen and oxygen atoms in total. The molecule has 1 unspecified atom stereocenters. The summed E-state index contributed by atoms with van der Waals surface area (Å²) >= 11 is 0. The van der Waals surface area contributed by atoms with Gasteiger partial charge in [-0.3, -0.25) is 0 Å². The molecule has 112 valence electrons. The topological polar surface area (TPSA) is 15.3 Å². The van der Waals surface area contributed by atoms with Gasteiger partial charge in [-0.25, -0.2) is 4.39 Å². The zero-order chi connectivity index (χ0) is 15.2. The van der Waals surface area contributed by atoms with Crippen LogP contribution in [0.15, 0.2) is 48.5 Å². The van der Waals surface area contributed by atoms with E-state index in [1.54, 1.807) is 0 Å². The van der Waals surface area contributed by atoms with E-state index < -0.39 is 0 Å². The average Bonchev–Trinajstić information content (AvgIpc) is 2.47. The lowest BCUT2D eigenvalue weighted by Gasteiger charge is -2.19. The second-order valence-electron chi connectivity index (χ2n) is 5.59. The Morgan fingerprint density at radius 3 is 2.14 bits per heavy atom. The smallest absolute Gasteiger partial charge is 0.123 e. The number of benzene rings is 2. The molecule has 2 aromatic rings. The third kappa shape index (κ3) is 4.57. The molecule has 2 rings (SSSR count). The molecule has 0 aliphatic carbocycles. The Morgan fingerprint density at radius 1 is 1.00 bits per heavy atom. The van der Waals surface area contributed by atoms with Crippen molar-refractivity contribution in [1.29, 1.82) is 0 Å². The second-order valence-corrected chi connectivity index (χ2v) is 5.59. The minimum atomic E-state index is -0.193. The van der Waals surface area contributed by atoms with Crippen molar-refractivity contribution in [3.05, 3.63) is 65.5 Å². The first-order valence-electron chi connectivity index (χ1n) is 7.34. The minimum absolute atomic E-state index is 0.193. The standard InChI is InChI=1S/C18H23FN2/c1-4-18(15-7-9-16(19)10-8-15)20-17-11-5-14(6-12-17)13-21(2)3/h5-12,18,20H,4,13H2,1-3H3. The Labute approximate surface area is 126 Å². The molecule has 0 saturated carbocycles. The quantitative estimate of drug-likeness (QED) is 0.844. The van der Waals surface area contributed by atoms with E-state index in [0.717, 1.165) is 24.2 Å². The lowest BCUT2D eigenvalue weighted by molar-refractivity contribution is 0.402. The number of anilines is 1. The molecular formula is C18H23FN2. The molecule has 2 aromatic carbocycles. The third-order valence-electron chi connectivity index (χ3n) is 3.47. The molecule has 0 bridgehead atoms. The summed E-state index contributed by atoms with van der Waals surface area (Å²) in [5.74, 6) is -0.193. The van der Waals surface area contributed by atoms with Crippen LogP contribution in [0.3, 0.4) is 0 Å². The van der Waals surface area contributed by atoms with Crippen molar-refractivity contribution in [3.63, 3.8) is 0 Å². The molecule has 0 fully saturated rings. The number of rotatable bonds is 6. The van der Waals surface area contributed by atoms with Crippen LogP contribution in [0.4, 0.5) is 10.1 Å². The van der Waals surface area contributed by atoms with E-state index in [0.29, 0.717) is 0 Å². The molecule has 0 aliphatic heterocycles. The summed E-state index contributed by atoms with van der Waals surface area (Å²) in [6, 6.07) is 15.4. The molecule has 21 heavy (non-hydrogen) atoms. The maximum Gasteiger partial charge on any atom is 0.123 e. The number of nitrogens with zero attached hydrogens (tertiary/aromatic N) is 1. The van der Waals surface area contributed by atoms with Gasteiger partial charge in [-0.2, -0.15) is 0 Å². The Bertz CT molecular complexity index is 546. The van der Waals surface area contributed by atoms with Gasteiger partial charge in [0.15, 0.2) is 0 Å². The van der Waals surface area contributed by atoms with Crippen molar-refractivity contribution in [2.45, 2.75) is 25.9 Å². The van der Waals surface area contributed by atoms with Gasteiger partial charge >= 0.3 is 0 Å². The van der Waals surface area contributed by atoms with E-state index in [1.165, 1.54) is 17.7 Å². The van der Waals surface area contributed by atoms with Crippen LogP contribution in [0.1, 0.15) is 30.5 Å². The summed E-state index contributed by atoms with van der Waals surface area (Å²) in [6.07, 6.45) is 0.949. The normalized spacial score (nSPS) is 12.4. The van der Waals surface area contributed by atoms with Crippen molar-refractivity contribution < 1.29 is 4.39 Å². The van der Waals surface area contributed by atoms with Gasteiger partial charge in [-0.15, -0.1) is 0 Å². The summed E-state index contributed by atoms with van der Waals surface area (Å²) in [5, 5.41) is 3.51. The summed E-state index contributed by atoms with van der Waals surface area (Å²) in [6.45, 7) is 3.07. The van der Waals surface area contributed by atoms with Gasteiger partial charge in [-0.05, 0) is 55.9 Å². The SMILES string of the molecule is CCC(Nc1ccc(CN(C)C)cc1)c1ccc(F)cc1. The molecule has 0 radical (unpaired) electrons. The van der Waals surface area contributed by atoms with Gasteiger partial charge in [0.05, 0.1) is 6.04 Å². The first-order valence-corrected chi connectivity index (χ1v) is 7.34. The highest BCUT2D eigenvalue weighted by Crippen LogP contribution is 2.23. The van der Waals surface area contributed by atoms with E-state index >= 15 is 0 Å².